The van der Waals surface area contributed by atoms with Crippen molar-refractivity contribution in [3.05, 3.63) is 65.0 Å². The first-order valence-corrected chi connectivity index (χ1v) is 8.95. The van der Waals surface area contributed by atoms with Crippen LogP contribution >= 0.6 is 0 Å². The number of carbonyl (C=O) groups excluding carboxylic acids is 2. The van der Waals surface area contributed by atoms with Gasteiger partial charge in [-0.25, -0.2) is 4.79 Å². The number of amides is 1. The minimum absolute atomic E-state index is 0.0130. The molecule has 0 saturated carbocycles. The number of likely N-dealkylation sites (tertiary alicyclic amines) is 1. The molecule has 1 amide bonds. The fourth-order valence-electron chi connectivity index (χ4n) is 4.29. The Bertz CT molecular complexity index is 850. The van der Waals surface area contributed by atoms with Gasteiger partial charge in [-0.15, -0.1) is 0 Å². The first kappa shape index (κ1) is 16.8. The third-order valence-corrected chi connectivity index (χ3v) is 5.62. The molecule has 1 fully saturated rings. The summed E-state index contributed by atoms with van der Waals surface area (Å²) in [5.41, 5.74) is 4.13. The van der Waals surface area contributed by atoms with Crippen LogP contribution in [0, 0.1) is 5.41 Å². The predicted molar refractivity (Wildman–Crippen MR) is 96.5 cm³/mol. The number of esters is 1. The van der Waals surface area contributed by atoms with E-state index in [0.29, 0.717) is 18.5 Å². The Labute approximate surface area is 153 Å². The lowest BCUT2D eigenvalue weighted by molar-refractivity contribution is -0.128. The molecule has 0 N–H and O–H groups in total. The maximum atomic E-state index is 12.6. The molecule has 1 aromatic carbocycles. The molecule has 2 aliphatic rings. The predicted octanol–water partition coefficient (Wildman–Crippen LogP) is 2.78. The van der Waals surface area contributed by atoms with Gasteiger partial charge in [0.2, 0.25) is 5.91 Å². The standard InChI is InChI=1S/C21H22N2O3/c1-26-20(25)17-4-5-18-10-21(7-6-16(18)9-17)11-19(24)23(14-21)13-15-3-2-8-22-12-15/h2-5,8-9,12H,6-7,10-11,13-14H2,1H3. The molecule has 1 saturated heterocycles. The zero-order valence-corrected chi connectivity index (χ0v) is 14.9. The Hall–Kier alpha value is -2.69. The van der Waals surface area contributed by atoms with E-state index >= 15 is 0 Å². The molecule has 26 heavy (non-hydrogen) atoms. The summed E-state index contributed by atoms with van der Waals surface area (Å²) in [5, 5.41) is 0. The first-order valence-electron chi connectivity index (χ1n) is 8.95. The van der Waals surface area contributed by atoms with E-state index in [1.807, 2.05) is 41.4 Å². The van der Waals surface area contributed by atoms with Crippen LogP contribution in [0.3, 0.4) is 0 Å². The number of carbonyl (C=O) groups is 2. The van der Waals surface area contributed by atoms with E-state index in [2.05, 4.69) is 4.98 Å². The molecule has 5 heteroatoms. The van der Waals surface area contributed by atoms with Gasteiger partial charge in [0.15, 0.2) is 0 Å². The zero-order chi connectivity index (χ0) is 18.1. The number of hydrogen-bond acceptors (Lipinski definition) is 4. The number of benzene rings is 1. The van der Waals surface area contributed by atoms with Crippen molar-refractivity contribution in [1.82, 2.24) is 9.88 Å². The summed E-state index contributed by atoms with van der Waals surface area (Å²) in [7, 11) is 1.40. The van der Waals surface area contributed by atoms with Crippen LogP contribution in [0.15, 0.2) is 42.7 Å². The van der Waals surface area contributed by atoms with Gasteiger partial charge in [0.05, 0.1) is 12.7 Å². The lowest BCUT2D eigenvalue weighted by Crippen LogP contribution is -2.33. The second-order valence-corrected chi connectivity index (χ2v) is 7.44. The number of nitrogens with zero attached hydrogens (tertiary/aromatic N) is 2. The Kier molecular flexibility index (Phi) is 4.23. The average Bonchev–Trinajstić information content (AvgIpc) is 2.96. The number of methoxy groups -OCH3 is 1. The van der Waals surface area contributed by atoms with Crippen molar-refractivity contribution in [3.8, 4) is 0 Å². The van der Waals surface area contributed by atoms with Crippen LogP contribution in [-0.2, 0) is 28.9 Å². The number of rotatable bonds is 3. The van der Waals surface area contributed by atoms with Gasteiger partial charge < -0.3 is 9.64 Å². The number of aromatic nitrogens is 1. The quantitative estimate of drug-likeness (QED) is 0.799. The highest BCUT2D eigenvalue weighted by molar-refractivity contribution is 5.89. The minimum Gasteiger partial charge on any atom is -0.465 e. The van der Waals surface area contributed by atoms with Crippen LogP contribution in [0.2, 0.25) is 0 Å². The van der Waals surface area contributed by atoms with Gasteiger partial charge in [-0.05, 0) is 54.2 Å². The van der Waals surface area contributed by atoms with Crippen LogP contribution in [-0.4, -0.2) is 35.4 Å². The zero-order valence-electron chi connectivity index (χ0n) is 14.9. The first-order chi connectivity index (χ1) is 12.6. The summed E-state index contributed by atoms with van der Waals surface area (Å²) in [6.45, 7) is 1.42. The number of pyridine rings is 1. The van der Waals surface area contributed by atoms with Crippen molar-refractivity contribution in [3.63, 3.8) is 0 Å². The Morgan fingerprint density at radius 3 is 2.92 bits per heavy atom. The van der Waals surface area contributed by atoms with Gasteiger partial charge in [-0.3, -0.25) is 9.78 Å². The Morgan fingerprint density at radius 1 is 1.27 bits per heavy atom. The van der Waals surface area contributed by atoms with Crippen molar-refractivity contribution in [2.24, 2.45) is 5.41 Å². The monoisotopic (exact) mass is 350 g/mol. The summed E-state index contributed by atoms with van der Waals surface area (Å²) in [5.74, 6) is -0.0738. The van der Waals surface area contributed by atoms with Crippen LogP contribution in [0.5, 0.6) is 0 Å². The van der Waals surface area contributed by atoms with Gasteiger partial charge in [0, 0.05) is 37.3 Å². The molecular weight excluding hydrogens is 328 g/mol. The van der Waals surface area contributed by atoms with Crippen LogP contribution in [0.1, 0.15) is 39.9 Å². The van der Waals surface area contributed by atoms with E-state index in [-0.39, 0.29) is 17.3 Å². The molecule has 2 heterocycles. The molecule has 1 unspecified atom stereocenters. The molecular formula is C21H22N2O3. The van der Waals surface area contributed by atoms with E-state index in [0.717, 1.165) is 31.4 Å². The van der Waals surface area contributed by atoms with Crippen molar-refractivity contribution in [2.75, 3.05) is 13.7 Å². The van der Waals surface area contributed by atoms with Crippen LogP contribution < -0.4 is 0 Å². The fraction of sp³-hybridized carbons (Fsp3) is 0.381. The largest absolute Gasteiger partial charge is 0.465 e. The summed E-state index contributed by atoms with van der Waals surface area (Å²) in [6, 6.07) is 9.71. The van der Waals surface area contributed by atoms with Gasteiger partial charge in [-0.2, -0.15) is 0 Å². The molecule has 1 aromatic heterocycles. The van der Waals surface area contributed by atoms with Crippen LogP contribution in [0.25, 0.3) is 0 Å². The lowest BCUT2D eigenvalue weighted by Gasteiger charge is -2.34. The maximum absolute atomic E-state index is 12.6. The van der Waals surface area contributed by atoms with Gasteiger partial charge in [0.1, 0.15) is 0 Å². The van der Waals surface area contributed by atoms with E-state index in [9.17, 15) is 9.59 Å². The number of ether oxygens (including phenoxy) is 1. The van der Waals surface area contributed by atoms with E-state index < -0.39 is 0 Å². The molecule has 5 nitrogen and oxygen atoms in total. The molecule has 134 valence electrons. The number of hydrogen-bond donors (Lipinski definition) is 0. The van der Waals surface area contributed by atoms with Crippen molar-refractivity contribution in [1.29, 1.82) is 0 Å². The van der Waals surface area contributed by atoms with E-state index in [1.54, 1.807) is 6.20 Å². The summed E-state index contributed by atoms with van der Waals surface area (Å²) < 4.78 is 4.81. The SMILES string of the molecule is COC(=O)c1ccc2c(c1)CCC1(CC(=O)N(Cc3cccnc3)C1)C2. The molecule has 0 radical (unpaired) electrons. The second kappa shape index (κ2) is 6.56. The van der Waals surface area contributed by atoms with E-state index in [1.165, 1.54) is 18.2 Å². The summed E-state index contributed by atoms with van der Waals surface area (Å²) in [6.07, 6.45) is 6.93. The third kappa shape index (κ3) is 3.09. The van der Waals surface area contributed by atoms with Gasteiger partial charge in [-0.1, -0.05) is 12.1 Å². The van der Waals surface area contributed by atoms with Crippen molar-refractivity contribution >= 4 is 11.9 Å². The molecule has 1 aliphatic heterocycles. The highest BCUT2D eigenvalue weighted by Crippen LogP contribution is 2.43. The highest BCUT2D eigenvalue weighted by Gasteiger charge is 2.44. The molecule has 4 rings (SSSR count). The number of aryl methyl sites for hydroxylation is 1. The summed E-state index contributed by atoms with van der Waals surface area (Å²) in [4.78, 5) is 30.4. The normalized spacial score (nSPS) is 21.7. The average molecular weight is 350 g/mol. The van der Waals surface area contributed by atoms with Crippen molar-refractivity contribution < 1.29 is 14.3 Å². The Balaban J connectivity index is 1.51. The molecule has 1 aliphatic carbocycles. The Morgan fingerprint density at radius 2 is 2.15 bits per heavy atom. The van der Waals surface area contributed by atoms with Gasteiger partial charge in [0.25, 0.3) is 0 Å². The highest BCUT2D eigenvalue weighted by atomic mass is 16.5. The lowest BCUT2D eigenvalue weighted by atomic mass is 9.71. The maximum Gasteiger partial charge on any atom is 0.337 e. The van der Waals surface area contributed by atoms with Crippen molar-refractivity contribution in [2.45, 2.75) is 32.2 Å². The van der Waals surface area contributed by atoms with Crippen LogP contribution in [0.4, 0.5) is 0 Å². The van der Waals surface area contributed by atoms with Gasteiger partial charge >= 0.3 is 5.97 Å². The minimum atomic E-state index is -0.299. The molecule has 1 atom stereocenters. The molecule has 1 spiro atoms. The fourth-order valence-corrected chi connectivity index (χ4v) is 4.29. The third-order valence-electron chi connectivity index (χ3n) is 5.62. The smallest absolute Gasteiger partial charge is 0.337 e. The second-order valence-electron chi connectivity index (χ2n) is 7.44. The molecule has 0 bridgehead atoms. The topological polar surface area (TPSA) is 59.5 Å². The summed E-state index contributed by atoms with van der Waals surface area (Å²) >= 11 is 0. The molecule has 2 aromatic rings. The number of fused-ring (bicyclic) bond motifs is 1. The van der Waals surface area contributed by atoms with E-state index in [4.69, 9.17) is 4.74 Å².